The quantitative estimate of drug-likeness (QED) is 0.511. The average Bonchev–Trinajstić information content (AvgIpc) is 3.14. The van der Waals surface area contributed by atoms with Crippen molar-refractivity contribution in [1.82, 2.24) is 15.6 Å². The van der Waals surface area contributed by atoms with E-state index in [0.29, 0.717) is 10.6 Å². The number of thiazole rings is 1. The van der Waals surface area contributed by atoms with Gasteiger partial charge < -0.3 is 10.1 Å². The molecule has 0 saturated carbocycles. The van der Waals surface area contributed by atoms with Crippen molar-refractivity contribution in [2.75, 3.05) is 7.05 Å². The second-order valence-electron chi connectivity index (χ2n) is 5.65. The Morgan fingerprint density at radius 2 is 1.79 bits per heavy atom. The van der Waals surface area contributed by atoms with Crippen LogP contribution in [0.1, 0.15) is 16.7 Å². The fourth-order valence-electron chi connectivity index (χ4n) is 2.40. The highest BCUT2D eigenvalue weighted by molar-refractivity contribution is 7.19. The highest BCUT2D eigenvalue weighted by Crippen LogP contribution is 2.23. The highest BCUT2D eigenvalue weighted by atomic mass is 32.1. The van der Waals surface area contributed by atoms with Crippen LogP contribution in [-0.2, 0) is 14.3 Å². The predicted octanol–water partition coefficient (Wildman–Crippen LogP) is 3.05. The van der Waals surface area contributed by atoms with E-state index < -0.39 is 24.0 Å². The number of amides is 3. The number of para-hydroxylation sites is 1. The number of hydrogen-bond acceptors (Lipinski definition) is 6. The van der Waals surface area contributed by atoms with Crippen molar-refractivity contribution in [3.05, 3.63) is 71.2 Å². The average molecular weight is 395 g/mol. The van der Waals surface area contributed by atoms with Crippen LogP contribution in [0.4, 0.5) is 4.79 Å². The van der Waals surface area contributed by atoms with Crippen molar-refractivity contribution >= 4 is 45.5 Å². The third kappa shape index (κ3) is 4.80. The maximum absolute atomic E-state index is 12.4. The van der Waals surface area contributed by atoms with E-state index in [-0.39, 0.29) is 0 Å². The van der Waals surface area contributed by atoms with Gasteiger partial charge in [-0.3, -0.25) is 10.1 Å². The lowest BCUT2D eigenvalue weighted by atomic mass is 10.1. The molecule has 0 aliphatic heterocycles. The number of hydrogen-bond donors (Lipinski definition) is 2. The number of carbonyl (C=O) groups is 3. The first-order valence-electron chi connectivity index (χ1n) is 8.38. The van der Waals surface area contributed by atoms with Gasteiger partial charge in [0, 0.05) is 18.7 Å². The topological polar surface area (TPSA) is 97.4 Å². The first kappa shape index (κ1) is 19.2. The van der Waals surface area contributed by atoms with Crippen LogP contribution in [0.15, 0.2) is 60.7 Å². The van der Waals surface area contributed by atoms with Gasteiger partial charge >= 0.3 is 12.0 Å². The number of carbonyl (C=O) groups excluding carboxylic acids is 3. The molecule has 0 aliphatic rings. The molecule has 8 heteroatoms. The van der Waals surface area contributed by atoms with Gasteiger partial charge in [-0.15, -0.1) is 11.3 Å². The molecule has 2 N–H and O–H groups in total. The van der Waals surface area contributed by atoms with Crippen LogP contribution in [0.3, 0.4) is 0 Å². The van der Waals surface area contributed by atoms with Gasteiger partial charge in [-0.1, -0.05) is 42.5 Å². The highest BCUT2D eigenvalue weighted by Gasteiger charge is 2.25. The Morgan fingerprint density at radius 1 is 1.07 bits per heavy atom. The molecule has 3 amide bonds. The minimum absolute atomic E-state index is 0.450. The Hall–Kier alpha value is -3.52. The number of ether oxygens (including phenoxy) is 1. The number of urea groups is 1. The molecule has 0 fully saturated rings. The Kier molecular flexibility index (Phi) is 6.13. The van der Waals surface area contributed by atoms with E-state index in [1.54, 1.807) is 30.3 Å². The predicted molar refractivity (Wildman–Crippen MR) is 107 cm³/mol. The standard InChI is InChI=1S/C20H17N3O4S/c1-21-20(26)23-19(25)18(13-7-3-2-4-8-13)27-17(24)12-11-16-22-14-9-5-6-10-15(14)28-16/h2-12,18H,1H3,(H2,21,23,25,26)/b12-11+/t18-/m0/s1. The van der Waals surface area contributed by atoms with Gasteiger partial charge in [0.2, 0.25) is 6.10 Å². The molecule has 0 spiro atoms. The second-order valence-corrected chi connectivity index (χ2v) is 6.71. The molecule has 1 aromatic heterocycles. The number of esters is 1. The van der Waals surface area contributed by atoms with Gasteiger partial charge in [0.05, 0.1) is 10.2 Å². The Bertz CT molecular complexity index is 997. The third-order valence-electron chi connectivity index (χ3n) is 3.71. The monoisotopic (exact) mass is 395 g/mol. The van der Waals surface area contributed by atoms with Crippen LogP contribution >= 0.6 is 11.3 Å². The number of aromatic nitrogens is 1. The van der Waals surface area contributed by atoms with Crippen molar-refractivity contribution < 1.29 is 19.1 Å². The number of rotatable bonds is 5. The van der Waals surface area contributed by atoms with E-state index in [1.165, 1.54) is 30.5 Å². The normalized spacial score (nSPS) is 11.9. The van der Waals surface area contributed by atoms with Crippen molar-refractivity contribution in [1.29, 1.82) is 0 Å². The van der Waals surface area contributed by atoms with Crippen LogP contribution < -0.4 is 10.6 Å². The van der Waals surface area contributed by atoms with Gasteiger partial charge in [-0.2, -0.15) is 0 Å². The first-order chi connectivity index (χ1) is 13.6. The summed E-state index contributed by atoms with van der Waals surface area (Å²) in [6.45, 7) is 0. The van der Waals surface area contributed by atoms with Crippen molar-refractivity contribution in [3.8, 4) is 0 Å². The smallest absolute Gasteiger partial charge is 0.331 e. The van der Waals surface area contributed by atoms with Crippen LogP contribution in [-0.4, -0.2) is 29.9 Å². The molecular formula is C20H17N3O4S. The minimum Gasteiger partial charge on any atom is -0.444 e. The first-order valence-corrected chi connectivity index (χ1v) is 9.20. The summed E-state index contributed by atoms with van der Waals surface area (Å²) in [7, 11) is 1.38. The van der Waals surface area contributed by atoms with Gasteiger partial charge in [-0.05, 0) is 18.2 Å². The molecule has 28 heavy (non-hydrogen) atoms. The molecule has 0 radical (unpaired) electrons. The zero-order chi connectivity index (χ0) is 19.9. The summed E-state index contributed by atoms with van der Waals surface area (Å²) in [5.41, 5.74) is 1.29. The zero-order valence-electron chi connectivity index (χ0n) is 14.9. The third-order valence-corrected chi connectivity index (χ3v) is 4.71. The Balaban J connectivity index is 1.74. The Labute approximate surface area is 165 Å². The van der Waals surface area contributed by atoms with Gasteiger partial charge in [0.1, 0.15) is 5.01 Å². The zero-order valence-corrected chi connectivity index (χ0v) is 15.7. The van der Waals surface area contributed by atoms with Gasteiger partial charge in [0.15, 0.2) is 0 Å². The van der Waals surface area contributed by atoms with Crippen molar-refractivity contribution in [2.24, 2.45) is 0 Å². The van der Waals surface area contributed by atoms with E-state index in [1.807, 2.05) is 24.3 Å². The minimum atomic E-state index is -1.26. The van der Waals surface area contributed by atoms with Crippen LogP contribution in [0.2, 0.25) is 0 Å². The van der Waals surface area contributed by atoms with E-state index in [4.69, 9.17) is 4.74 Å². The molecule has 0 unspecified atom stereocenters. The lowest BCUT2D eigenvalue weighted by Gasteiger charge is -2.16. The molecule has 0 bridgehead atoms. The van der Waals surface area contributed by atoms with Crippen molar-refractivity contribution in [2.45, 2.75) is 6.10 Å². The summed E-state index contributed by atoms with van der Waals surface area (Å²) < 4.78 is 6.30. The van der Waals surface area contributed by atoms with Gasteiger partial charge in [0.25, 0.3) is 5.91 Å². The molecule has 1 heterocycles. The van der Waals surface area contributed by atoms with Crippen LogP contribution in [0.5, 0.6) is 0 Å². The summed E-state index contributed by atoms with van der Waals surface area (Å²) in [6.07, 6.45) is 1.48. The summed E-state index contributed by atoms with van der Waals surface area (Å²) in [5.74, 6) is -1.47. The number of nitrogens with zero attached hydrogens (tertiary/aromatic N) is 1. The molecule has 3 rings (SSSR count). The summed E-state index contributed by atoms with van der Waals surface area (Å²) in [4.78, 5) is 40.5. The fourth-order valence-corrected chi connectivity index (χ4v) is 3.27. The lowest BCUT2D eigenvalue weighted by Crippen LogP contribution is -2.41. The maximum atomic E-state index is 12.4. The summed E-state index contributed by atoms with van der Waals surface area (Å²) in [5, 5.41) is 5.05. The second kappa shape index (κ2) is 8.92. The molecule has 142 valence electrons. The van der Waals surface area contributed by atoms with Gasteiger partial charge in [-0.25, -0.2) is 14.6 Å². The van der Waals surface area contributed by atoms with E-state index >= 15 is 0 Å². The summed E-state index contributed by atoms with van der Waals surface area (Å²) in [6, 6.07) is 15.4. The number of fused-ring (bicyclic) bond motifs is 1. The van der Waals surface area contributed by atoms with Crippen LogP contribution in [0.25, 0.3) is 16.3 Å². The largest absolute Gasteiger partial charge is 0.444 e. The summed E-state index contributed by atoms with van der Waals surface area (Å²) >= 11 is 1.43. The molecule has 0 aliphatic carbocycles. The van der Waals surface area contributed by atoms with Crippen LogP contribution in [0, 0.1) is 0 Å². The Morgan fingerprint density at radius 3 is 2.50 bits per heavy atom. The SMILES string of the molecule is CNC(=O)NC(=O)[C@@H](OC(=O)/C=C/c1nc2ccccc2s1)c1ccccc1. The molecule has 2 aromatic carbocycles. The van der Waals surface area contributed by atoms with Crippen molar-refractivity contribution in [3.63, 3.8) is 0 Å². The van der Waals surface area contributed by atoms with E-state index in [2.05, 4.69) is 15.6 Å². The molecular weight excluding hydrogens is 378 g/mol. The number of imide groups is 1. The van der Waals surface area contributed by atoms with E-state index in [9.17, 15) is 14.4 Å². The lowest BCUT2D eigenvalue weighted by molar-refractivity contribution is -0.151. The molecule has 0 saturated heterocycles. The number of nitrogens with one attached hydrogen (secondary N) is 2. The maximum Gasteiger partial charge on any atom is 0.331 e. The molecule has 3 aromatic rings. The molecule has 7 nitrogen and oxygen atoms in total. The number of benzene rings is 2. The molecule has 1 atom stereocenters. The fraction of sp³-hybridized carbons (Fsp3) is 0.100. The van der Waals surface area contributed by atoms with E-state index in [0.717, 1.165) is 10.2 Å².